The number of benzene rings is 3. The molecule has 3 aromatic rings. The van der Waals surface area contributed by atoms with Gasteiger partial charge in [0.15, 0.2) is 0 Å². The fraction of sp³-hybridized carbons (Fsp3) is 0.406. The lowest BCUT2D eigenvalue weighted by Crippen LogP contribution is -2.64. The first kappa shape index (κ1) is 27.8. The number of ether oxygens (including phenoxy) is 1. The van der Waals surface area contributed by atoms with Crippen molar-refractivity contribution < 1.29 is 13.9 Å². The zero-order chi connectivity index (χ0) is 27.2. The Labute approximate surface area is 226 Å². The van der Waals surface area contributed by atoms with Crippen LogP contribution in [0.3, 0.4) is 0 Å². The van der Waals surface area contributed by atoms with Gasteiger partial charge in [0.1, 0.15) is 11.4 Å². The number of hydrogen-bond acceptors (Lipinski definition) is 4. The minimum absolute atomic E-state index is 0.231. The predicted molar refractivity (Wildman–Crippen MR) is 150 cm³/mol. The molecule has 0 bridgehead atoms. The predicted octanol–water partition coefficient (Wildman–Crippen LogP) is 6.17. The molecule has 0 fully saturated rings. The van der Waals surface area contributed by atoms with Crippen molar-refractivity contribution in [1.82, 2.24) is 15.1 Å². The average Bonchev–Trinajstić information content (AvgIpc) is 2.87. The van der Waals surface area contributed by atoms with E-state index in [4.69, 9.17) is 4.74 Å². The fourth-order valence-electron chi connectivity index (χ4n) is 5.25. The van der Waals surface area contributed by atoms with Crippen molar-refractivity contribution in [2.45, 2.75) is 64.9 Å². The van der Waals surface area contributed by atoms with Crippen molar-refractivity contribution in [3.05, 3.63) is 107 Å². The quantitative estimate of drug-likeness (QED) is 0.369. The van der Waals surface area contributed by atoms with Gasteiger partial charge in [0.05, 0.1) is 5.66 Å². The lowest BCUT2D eigenvalue weighted by molar-refractivity contribution is 0.00540. The zero-order valence-corrected chi connectivity index (χ0v) is 23.0. The summed E-state index contributed by atoms with van der Waals surface area (Å²) in [6.45, 7) is 11.0. The highest BCUT2D eigenvalue weighted by molar-refractivity contribution is 5.68. The normalized spacial score (nSPS) is 17.6. The van der Waals surface area contributed by atoms with Gasteiger partial charge in [-0.1, -0.05) is 73.7 Å². The number of amides is 1. The van der Waals surface area contributed by atoms with Crippen LogP contribution in [0.15, 0.2) is 78.9 Å². The van der Waals surface area contributed by atoms with Crippen molar-refractivity contribution >= 4 is 6.09 Å². The maximum Gasteiger partial charge on any atom is 0.410 e. The van der Waals surface area contributed by atoms with Gasteiger partial charge < -0.3 is 9.64 Å². The first-order chi connectivity index (χ1) is 18.2. The lowest BCUT2D eigenvalue weighted by Gasteiger charge is -2.49. The summed E-state index contributed by atoms with van der Waals surface area (Å²) >= 11 is 0. The average molecular weight is 518 g/mol. The number of halogens is 1. The minimum atomic E-state index is -0.577. The van der Waals surface area contributed by atoms with Crippen molar-refractivity contribution in [2.75, 3.05) is 19.6 Å². The summed E-state index contributed by atoms with van der Waals surface area (Å²) in [6, 6.07) is 25.4. The first-order valence-electron chi connectivity index (χ1n) is 13.5. The number of carbonyl (C=O) groups is 1. The Morgan fingerprint density at radius 2 is 1.63 bits per heavy atom. The van der Waals surface area contributed by atoms with Gasteiger partial charge in [-0.25, -0.2) is 9.18 Å². The Morgan fingerprint density at radius 1 is 0.974 bits per heavy atom. The van der Waals surface area contributed by atoms with E-state index in [0.717, 1.165) is 37.1 Å². The third-order valence-corrected chi connectivity index (χ3v) is 6.99. The molecular weight excluding hydrogens is 477 g/mol. The standard InChI is InChI=1S/C32H40FN3O2/c1-5-34-32(21-25-15-17-29(33)18-16-25)22-27-13-9-10-14-28(27)24-36(32)20-19-35(30(37)38-31(2,3)4)23-26-11-7-6-8-12-26/h6-18,34H,5,19-24H2,1-4H3. The van der Waals surface area contributed by atoms with E-state index in [1.54, 1.807) is 4.90 Å². The molecule has 0 saturated heterocycles. The van der Waals surface area contributed by atoms with Crippen LogP contribution in [0.5, 0.6) is 0 Å². The first-order valence-corrected chi connectivity index (χ1v) is 13.5. The van der Waals surface area contributed by atoms with Crippen LogP contribution < -0.4 is 5.32 Å². The van der Waals surface area contributed by atoms with E-state index in [-0.39, 0.29) is 17.6 Å². The van der Waals surface area contributed by atoms with E-state index in [1.807, 2.05) is 63.2 Å². The monoisotopic (exact) mass is 517 g/mol. The highest BCUT2D eigenvalue weighted by Gasteiger charge is 2.40. The van der Waals surface area contributed by atoms with Gasteiger partial charge in [-0.05, 0) is 61.7 Å². The van der Waals surface area contributed by atoms with Crippen molar-refractivity contribution in [3.8, 4) is 0 Å². The van der Waals surface area contributed by atoms with Crippen molar-refractivity contribution in [3.63, 3.8) is 0 Å². The molecule has 0 spiro atoms. The molecule has 1 atom stereocenters. The molecule has 4 rings (SSSR count). The molecule has 1 unspecified atom stereocenters. The van der Waals surface area contributed by atoms with Gasteiger partial charge in [-0.15, -0.1) is 0 Å². The third kappa shape index (κ3) is 7.21. The summed E-state index contributed by atoms with van der Waals surface area (Å²) in [4.78, 5) is 17.5. The molecule has 0 aliphatic carbocycles. The highest BCUT2D eigenvalue weighted by Crippen LogP contribution is 2.32. The molecule has 0 aromatic heterocycles. The van der Waals surface area contributed by atoms with Gasteiger partial charge in [0.2, 0.25) is 0 Å². The number of nitrogens with zero attached hydrogens (tertiary/aromatic N) is 2. The molecule has 1 aliphatic rings. The number of likely N-dealkylation sites (N-methyl/N-ethyl adjacent to an activating group) is 1. The Kier molecular flexibility index (Phi) is 8.85. The molecule has 3 aromatic carbocycles. The van der Waals surface area contributed by atoms with Crippen LogP contribution in [0.2, 0.25) is 0 Å². The third-order valence-electron chi connectivity index (χ3n) is 6.99. The zero-order valence-electron chi connectivity index (χ0n) is 23.0. The molecule has 5 nitrogen and oxygen atoms in total. The van der Waals surface area contributed by atoms with Crippen LogP contribution in [-0.4, -0.2) is 46.8 Å². The second kappa shape index (κ2) is 12.1. The minimum Gasteiger partial charge on any atom is -0.444 e. The van der Waals surface area contributed by atoms with E-state index in [0.29, 0.717) is 19.6 Å². The van der Waals surface area contributed by atoms with E-state index in [1.165, 1.54) is 23.3 Å². The molecule has 202 valence electrons. The van der Waals surface area contributed by atoms with Crippen LogP contribution in [0.1, 0.15) is 49.9 Å². The van der Waals surface area contributed by atoms with E-state index >= 15 is 0 Å². The second-order valence-electron chi connectivity index (χ2n) is 11.1. The Bertz CT molecular complexity index is 1190. The second-order valence-corrected chi connectivity index (χ2v) is 11.1. The van der Waals surface area contributed by atoms with E-state index < -0.39 is 5.60 Å². The molecule has 1 N–H and O–H groups in total. The SMILES string of the molecule is CCNC1(Cc2ccc(F)cc2)Cc2ccccc2CN1CCN(Cc1ccccc1)C(=O)OC(C)(C)C. The summed E-state index contributed by atoms with van der Waals surface area (Å²) in [5.41, 5.74) is 3.81. The molecule has 0 radical (unpaired) electrons. The lowest BCUT2D eigenvalue weighted by atomic mass is 9.84. The summed E-state index contributed by atoms with van der Waals surface area (Å²) in [6.07, 6.45) is 1.23. The number of hydrogen-bond donors (Lipinski definition) is 1. The van der Waals surface area contributed by atoms with Gasteiger partial charge in [-0.3, -0.25) is 10.2 Å². The van der Waals surface area contributed by atoms with Crippen LogP contribution >= 0.6 is 0 Å². The van der Waals surface area contributed by atoms with Crippen molar-refractivity contribution in [2.24, 2.45) is 0 Å². The maximum atomic E-state index is 13.7. The molecule has 1 heterocycles. The summed E-state index contributed by atoms with van der Waals surface area (Å²) < 4.78 is 19.5. The van der Waals surface area contributed by atoms with Gasteiger partial charge in [-0.2, -0.15) is 0 Å². The van der Waals surface area contributed by atoms with Crippen LogP contribution in [0.4, 0.5) is 9.18 Å². The summed E-state index contributed by atoms with van der Waals surface area (Å²) in [7, 11) is 0. The van der Waals surface area contributed by atoms with E-state index in [2.05, 4.69) is 41.4 Å². The smallest absolute Gasteiger partial charge is 0.410 e. The largest absolute Gasteiger partial charge is 0.444 e. The van der Waals surface area contributed by atoms with E-state index in [9.17, 15) is 9.18 Å². The molecule has 1 amide bonds. The summed E-state index contributed by atoms with van der Waals surface area (Å²) in [5.74, 6) is -0.231. The Balaban J connectivity index is 1.62. The van der Waals surface area contributed by atoms with Crippen LogP contribution in [-0.2, 0) is 30.7 Å². The van der Waals surface area contributed by atoms with Crippen LogP contribution in [0.25, 0.3) is 0 Å². The molecule has 0 saturated carbocycles. The molecule has 1 aliphatic heterocycles. The van der Waals surface area contributed by atoms with Crippen molar-refractivity contribution in [1.29, 1.82) is 0 Å². The Hall–Kier alpha value is -3.22. The number of nitrogens with one attached hydrogen (secondary N) is 1. The maximum absolute atomic E-state index is 13.7. The number of rotatable bonds is 9. The molecule has 38 heavy (non-hydrogen) atoms. The highest BCUT2D eigenvalue weighted by atomic mass is 19.1. The van der Waals surface area contributed by atoms with Gasteiger partial charge in [0, 0.05) is 39.0 Å². The number of carbonyl (C=O) groups excluding carboxylic acids is 1. The molecule has 6 heteroatoms. The fourth-order valence-corrected chi connectivity index (χ4v) is 5.25. The topological polar surface area (TPSA) is 44.8 Å². The van der Waals surface area contributed by atoms with Crippen LogP contribution in [0, 0.1) is 5.82 Å². The molecular formula is C32H40FN3O2. The Morgan fingerprint density at radius 3 is 2.29 bits per heavy atom. The summed E-state index contributed by atoms with van der Waals surface area (Å²) in [5, 5.41) is 3.79. The van der Waals surface area contributed by atoms with Gasteiger partial charge >= 0.3 is 6.09 Å². The number of fused-ring (bicyclic) bond motifs is 1. The van der Waals surface area contributed by atoms with Gasteiger partial charge in [0.25, 0.3) is 0 Å².